The Balaban J connectivity index is 0.000000258. The van der Waals surface area contributed by atoms with Gasteiger partial charge in [-0.3, -0.25) is 4.98 Å². The van der Waals surface area contributed by atoms with Gasteiger partial charge in [-0.05, 0) is 23.6 Å². The van der Waals surface area contributed by atoms with Crippen LogP contribution in [0, 0.1) is 0 Å². The number of carboxylic acids is 2. The van der Waals surface area contributed by atoms with Crippen molar-refractivity contribution in [3.05, 3.63) is 84.2 Å². The second-order valence-electron chi connectivity index (χ2n) is 6.15. The lowest BCUT2D eigenvalue weighted by Gasteiger charge is -2.07. The molecule has 1 aliphatic rings. The van der Waals surface area contributed by atoms with Crippen molar-refractivity contribution < 1.29 is 19.8 Å². The van der Waals surface area contributed by atoms with Gasteiger partial charge in [-0.2, -0.15) is 0 Å². The van der Waals surface area contributed by atoms with Crippen LogP contribution >= 0.6 is 0 Å². The highest BCUT2D eigenvalue weighted by Gasteiger charge is 2.17. The minimum Gasteiger partial charge on any atom is -0.478 e. The van der Waals surface area contributed by atoms with Crippen molar-refractivity contribution in [2.75, 3.05) is 6.54 Å². The Labute approximate surface area is 167 Å². The van der Waals surface area contributed by atoms with Gasteiger partial charge in [0.25, 0.3) is 0 Å². The second kappa shape index (κ2) is 9.27. The predicted octanol–water partition coefficient (Wildman–Crippen LogP) is 3.17. The van der Waals surface area contributed by atoms with E-state index < -0.39 is 11.9 Å². The summed E-state index contributed by atoms with van der Waals surface area (Å²) in [6.07, 6.45) is 3.84. The molecule has 0 amide bonds. The normalized spacial score (nSPS) is 11.7. The van der Waals surface area contributed by atoms with Crippen molar-refractivity contribution in [3.63, 3.8) is 0 Å². The van der Waals surface area contributed by atoms with Crippen molar-refractivity contribution in [1.29, 1.82) is 0 Å². The third-order valence-electron chi connectivity index (χ3n) is 4.14. The SMILES string of the molecule is O=C(O)C=CC(=O)O.c1ccc(CCNC2=Nc3cccc4cccc2c34)nc1. The van der Waals surface area contributed by atoms with E-state index in [9.17, 15) is 9.59 Å². The Bertz CT molecular complexity index is 1070. The number of carboxylic acid groups (broad SMARTS) is 2. The number of aliphatic imine (C=N–C) groups is 1. The minimum atomic E-state index is -1.26. The van der Waals surface area contributed by atoms with Crippen LogP contribution in [0.5, 0.6) is 0 Å². The van der Waals surface area contributed by atoms with Crippen LogP contribution in [-0.4, -0.2) is 39.5 Å². The summed E-state index contributed by atoms with van der Waals surface area (Å²) in [7, 11) is 0. The van der Waals surface area contributed by atoms with Crippen molar-refractivity contribution in [2.45, 2.75) is 6.42 Å². The largest absolute Gasteiger partial charge is 0.478 e. The molecular formula is C22H19N3O4. The monoisotopic (exact) mass is 389 g/mol. The number of carbonyl (C=O) groups is 2. The molecular weight excluding hydrogens is 370 g/mol. The van der Waals surface area contributed by atoms with E-state index in [2.05, 4.69) is 46.7 Å². The summed E-state index contributed by atoms with van der Waals surface area (Å²) < 4.78 is 0. The summed E-state index contributed by atoms with van der Waals surface area (Å²) in [5, 5.41) is 21.6. The number of pyridine rings is 1. The molecule has 3 aromatic rings. The molecule has 0 saturated heterocycles. The Morgan fingerprint density at radius 3 is 2.31 bits per heavy atom. The van der Waals surface area contributed by atoms with Gasteiger partial charge >= 0.3 is 11.9 Å². The van der Waals surface area contributed by atoms with Gasteiger partial charge in [0.15, 0.2) is 0 Å². The van der Waals surface area contributed by atoms with Gasteiger partial charge < -0.3 is 15.5 Å². The van der Waals surface area contributed by atoms with Crippen molar-refractivity contribution in [3.8, 4) is 0 Å². The molecule has 0 radical (unpaired) electrons. The van der Waals surface area contributed by atoms with Crippen LogP contribution in [0.3, 0.4) is 0 Å². The molecule has 0 unspecified atom stereocenters. The zero-order valence-corrected chi connectivity index (χ0v) is 15.4. The molecule has 7 heteroatoms. The Kier molecular flexibility index (Phi) is 6.32. The van der Waals surface area contributed by atoms with Crippen LogP contribution in [0.2, 0.25) is 0 Å². The highest BCUT2D eigenvalue weighted by atomic mass is 16.4. The minimum absolute atomic E-state index is 0.558. The Morgan fingerprint density at radius 2 is 1.66 bits per heavy atom. The van der Waals surface area contributed by atoms with Gasteiger partial charge in [-0.1, -0.05) is 36.4 Å². The number of nitrogens with one attached hydrogen (secondary N) is 1. The number of amidine groups is 1. The standard InChI is InChI=1S/C18H15N3.C4H4O4/c1-2-11-19-14(7-1)10-12-20-18-15-8-3-5-13-6-4-9-16(21-18)17(13)15;5-3(6)1-2-4(7)8/h1-9,11H,10,12H2,(H,20,21);1-2H,(H,5,6)(H,7,8). The molecule has 0 atom stereocenters. The highest BCUT2D eigenvalue weighted by Crippen LogP contribution is 2.34. The van der Waals surface area contributed by atoms with Crippen molar-refractivity contribution >= 4 is 34.2 Å². The average molecular weight is 389 g/mol. The summed E-state index contributed by atoms with van der Waals surface area (Å²) in [4.78, 5) is 28.2. The molecule has 1 aromatic heterocycles. The van der Waals surface area contributed by atoms with E-state index >= 15 is 0 Å². The fourth-order valence-electron chi connectivity index (χ4n) is 2.92. The van der Waals surface area contributed by atoms with E-state index in [1.807, 2.05) is 24.4 Å². The van der Waals surface area contributed by atoms with E-state index in [1.54, 1.807) is 0 Å². The first-order valence-electron chi connectivity index (χ1n) is 8.93. The lowest BCUT2D eigenvalue weighted by Crippen LogP contribution is -2.25. The van der Waals surface area contributed by atoms with Crippen LogP contribution in [-0.2, 0) is 16.0 Å². The van der Waals surface area contributed by atoms with Crippen LogP contribution < -0.4 is 5.32 Å². The summed E-state index contributed by atoms with van der Waals surface area (Å²) in [5.41, 5.74) is 3.35. The fourth-order valence-corrected chi connectivity index (χ4v) is 2.92. The molecule has 0 saturated carbocycles. The number of aliphatic carboxylic acids is 2. The molecule has 1 aliphatic heterocycles. The highest BCUT2D eigenvalue weighted by molar-refractivity contribution is 6.18. The molecule has 3 N–H and O–H groups in total. The number of rotatable bonds is 5. The fraction of sp³-hybridized carbons (Fsp3) is 0.0909. The molecule has 29 heavy (non-hydrogen) atoms. The number of benzene rings is 2. The first kappa shape index (κ1) is 19.8. The van der Waals surface area contributed by atoms with Crippen LogP contribution in [0.4, 0.5) is 5.69 Å². The molecule has 2 aromatic carbocycles. The number of nitrogens with zero attached hydrogens (tertiary/aromatic N) is 2. The van der Waals surface area contributed by atoms with E-state index in [1.165, 1.54) is 16.3 Å². The zero-order chi connectivity index (χ0) is 20.6. The van der Waals surface area contributed by atoms with Crippen molar-refractivity contribution in [2.24, 2.45) is 4.99 Å². The summed E-state index contributed by atoms with van der Waals surface area (Å²) in [5.74, 6) is -1.54. The lowest BCUT2D eigenvalue weighted by atomic mass is 10.0. The molecule has 4 rings (SSSR count). The van der Waals surface area contributed by atoms with E-state index in [-0.39, 0.29) is 0 Å². The summed E-state index contributed by atoms with van der Waals surface area (Å²) in [6, 6.07) is 18.6. The first-order chi connectivity index (χ1) is 14.0. The first-order valence-corrected chi connectivity index (χ1v) is 8.93. The van der Waals surface area contributed by atoms with Gasteiger partial charge in [0.05, 0.1) is 5.69 Å². The third kappa shape index (κ3) is 5.26. The quantitative estimate of drug-likeness (QED) is 0.578. The van der Waals surface area contributed by atoms with Crippen LogP contribution in [0.15, 0.2) is 77.9 Å². The zero-order valence-electron chi connectivity index (χ0n) is 15.4. The third-order valence-corrected chi connectivity index (χ3v) is 4.14. The van der Waals surface area contributed by atoms with Gasteiger partial charge in [0.2, 0.25) is 0 Å². The van der Waals surface area contributed by atoms with E-state index in [0.29, 0.717) is 12.2 Å². The topological polar surface area (TPSA) is 112 Å². The van der Waals surface area contributed by atoms with Gasteiger partial charge in [-0.15, -0.1) is 0 Å². The van der Waals surface area contributed by atoms with Crippen molar-refractivity contribution in [1.82, 2.24) is 10.3 Å². The lowest BCUT2D eigenvalue weighted by molar-refractivity contribution is -0.134. The Hall–Kier alpha value is -4.00. The predicted molar refractivity (Wildman–Crippen MR) is 111 cm³/mol. The maximum absolute atomic E-state index is 9.55. The molecule has 0 spiro atoms. The second-order valence-corrected chi connectivity index (χ2v) is 6.15. The molecule has 146 valence electrons. The van der Waals surface area contributed by atoms with E-state index in [4.69, 9.17) is 15.2 Å². The molecule has 7 nitrogen and oxygen atoms in total. The van der Waals surface area contributed by atoms with E-state index in [0.717, 1.165) is 30.2 Å². The van der Waals surface area contributed by atoms with Gasteiger partial charge in [-0.25, -0.2) is 14.6 Å². The maximum atomic E-state index is 9.55. The molecule has 0 fully saturated rings. The van der Waals surface area contributed by atoms with Crippen LogP contribution in [0.1, 0.15) is 11.3 Å². The summed E-state index contributed by atoms with van der Waals surface area (Å²) in [6.45, 7) is 0.834. The maximum Gasteiger partial charge on any atom is 0.328 e. The van der Waals surface area contributed by atoms with Gasteiger partial charge in [0.1, 0.15) is 5.84 Å². The number of aromatic nitrogens is 1. The Morgan fingerprint density at radius 1 is 0.931 bits per heavy atom. The average Bonchev–Trinajstić information content (AvgIpc) is 3.08. The molecule has 0 bridgehead atoms. The van der Waals surface area contributed by atoms with Gasteiger partial charge in [0, 0.05) is 48.0 Å². The van der Waals surface area contributed by atoms with Crippen LogP contribution in [0.25, 0.3) is 10.8 Å². The number of hydrogen-bond donors (Lipinski definition) is 3. The molecule has 2 heterocycles. The molecule has 0 aliphatic carbocycles. The summed E-state index contributed by atoms with van der Waals surface area (Å²) >= 11 is 0. The number of hydrogen-bond acceptors (Lipinski definition) is 5. The smallest absolute Gasteiger partial charge is 0.328 e.